The number of rotatable bonds is 4. The molecule has 5 nitrogen and oxygen atoms in total. The van der Waals surface area contributed by atoms with Crippen molar-refractivity contribution in [2.75, 3.05) is 20.2 Å². The first kappa shape index (κ1) is 12.6. The van der Waals surface area contributed by atoms with E-state index < -0.39 is 0 Å². The molecule has 2 aromatic heterocycles. The molecule has 1 atom stereocenters. The third-order valence-electron chi connectivity index (χ3n) is 3.98. The second-order valence-electron chi connectivity index (χ2n) is 5.24. The van der Waals surface area contributed by atoms with Gasteiger partial charge in [-0.15, -0.1) is 0 Å². The summed E-state index contributed by atoms with van der Waals surface area (Å²) in [6.07, 6.45) is 4.88. The summed E-state index contributed by atoms with van der Waals surface area (Å²) in [5, 5.41) is 9.20. The Kier molecular flexibility index (Phi) is 3.48. The minimum atomic E-state index is 0.129. The quantitative estimate of drug-likeness (QED) is 0.893. The van der Waals surface area contributed by atoms with Crippen molar-refractivity contribution in [3.05, 3.63) is 24.2 Å². The zero-order chi connectivity index (χ0) is 13.2. The highest BCUT2D eigenvalue weighted by atomic mass is 16.3. The molecule has 19 heavy (non-hydrogen) atoms. The Hall–Kier alpha value is -1.46. The summed E-state index contributed by atoms with van der Waals surface area (Å²) in [4.78, 5) is 11.4. The maximum atomic E-state index is 9.20. The average molecular weight is 260 g/mol. The Morgan fingerprint density at radius 3 is 3.11 bits per heavy atom. The monoisotopic (exact) mass is 260 g/mol. The summed E-state index contributed by atoms with van der Waals surface area (Å²) in [5.41, 5.74) is 1.86. The summed E-state index contributed by atoms with van der Waals surface area (Å²) in [7, 11) is 2.18. The van der Waals surface area contributed by atoms with Gasteiger partial charge in [0.05, 0.1) is 6.61 Å². The molecule has 3 rings (SSSR count). The highest BCUT2D eigenvalue weighted by Crippen LogP contribution is 2.21. The van der Waals surface area contributed by atoms with E-state index in [-0.39, 0.29) is 6.61 Å². The van der Waals surface area contributed by atoms with Crippen molar-refractivity contribution in [3.63, 3.8) is 0 Å². The van der Waals surface area contributed by atoms with E-state index in [0.29, 0.717) is 12.5 Å². The zero-order valence-corrected chi connectivity index (χ0v) is 11.3. The highest BCUT2D eigenvalue weighted by molar-refractivity contribution is 5.71. The van der Waals surface area contributed by atoms with Crippen LogP contribution in [0.4, 0.5) is 0 Å². The molecule has 0 spiro atoms. The Morgan fingerprint density at radius 2 is 2.37 bits per heavy atom. The van der Waals surface area contributed by atoms with Crippen molar-refractivity contribution >= 4 is 11.2 Å². The van der Waals surface area contributed by atoms with Crippen LogP contribution in [-0.2, 0) is 13.0 Å². The summed E-state index contributed by atoms with van der Waals surface area (Å²) in [6, 6.07) is 4.44. The summed E-state index contributed by atoms with van der Waals surface area (Å²) in [6.45, 7) is 2.21. The van der Waals surface area contributed by atoms with Crippen molar-refractivity contribution < 1.29 is 5.11 Å². The first-order chi connectivity index (χ1) is 9.29. The van der Waals surface area contributed by atoms with Gasteiger partial charge in [-0.1, -0.05) is 0 Å². The lowest BCUT2D eigenvalue weighted by atomic mass is 10.2. The number of aliphatic hydroxyl groups is 1. The normalized spacial score (nSPS) is 20.4. The van der Waals surface area contributed by atoms with Crippen LogP contribution in [-0.4, -0.2) is 50.8 Å². The molecule has 5 heteroatoms. The molecule has 0 amide bonds. The first-order valence-electron chi connectivity index (χ1n) is 6.91. The molecule has 1 N–H and O–H groups in total. The van der Waals surface area contributed by atoms with E-state index in [1.807, 2.05) is 18.3 Å². The van der Waals surface area contributed by atoms with Gasteiger partial charge in [-0.2, -0.15) is 0 Å². The van der Waals surface area contributed by atoms with E-state index in [0.717, 1.165) is 23.5 Å². The van der Waals surface area contributed by atoms with Crippen LogP contribution in [0.3, 0.4) is 0 Å². The topological polar surface area (TPSA) is 54.2 Å². The molecule has 0 aromatic carbocycles. The van der Waals surface area contributed by atoms with Gasteiger partial charge in [0.2, 0.25) is 0 Å². The van der Waals surface area contributed by atoms with Gasteiger partial charge in [0.25, 0.3) is 0 Å². The van der Waals surface area contributed by atoms with Gasteiger partial charge in [-0.25, -0.2) is 9.97 Å². The van der Waals surface area contributed by atoms with E-state index in [2.05, 4.69) is 26.5 Å². The second kappa shape index (κ2) is 5.27. The van der Waals surface area contributed by atoms with Crippen molar-refractivity contribution in [2.45, 2.75) is 31.8 Å². The Bertz CT molecular complexity index is 566. The summed E-state index contributed by atoms with van der Waals surface area (Å²) in [5.74, 6) is 0.941. The molecule has 0 bridgehead atoms. The number of aromatic nitrogens is 3. The molecule has 1 saturated heterocycles. The Morgan fingerprint density at radius 1 is 1.47 bits per heavy atom. The lowest BCUT2D eigenvalue weighted by Crippen LogP contribution is -2.30. The predicted octanol–water partition coefficient (Wildman–Crippen LogP) is 1.06. The SMILES string of the molecule is CN1CCCC1Cn1c(CCO)nc2cccnc21. The van der Waals surface area contributed by atoms with Crippen LogP contribution in [0.2, 0.25) is 0 Å². The average Bonchev–Trinajstić information content (AvgIpc) is 2.96. The van der Waals surface area contributed by atoms with E-state index in [1.165, 1.54) is 19.4 Å². The van der Waals surface area contributed by atoms with Crippen LogP contribution in [0.25, 0.3) is 11.2 Å². The smallest absolute Gasteiger partial charge is 0.160 e. The fourth-order valence-corrected chi connectivity index (χ4v) is 2.91. The van der Waals surface area contributed by atoms with E-state index in [9.17, 15) is 5.11 Å². The predicted molar refractivity (Wildman–Crippen MR) is 74.0 cm³/mol. The molecule has 0 radical (unpaired) electrons. The third-order valence-corrected chi connectivity index (χ3v) is 3.98. The maximum Gasteiger partial charge on any atom is 0.160 e. The second-order valence-corrected chi connectivity index (χ2v) is 5.24. The lowest BCUT2D eigenvalue weighted by Gasteiger charge is -2.21. The molecule has 1 aliphatic heterocycles. The number of imidazole rings is 1. The van der Waals surface area contributed by atoms with Gasteiger partial charge in [0.1, 0.15) is 11.3 Å². The third kappa shape index (κ3) is 2.35. The molecule has 1 aliphatic rings. The van der Waals surface area contributed by atoms with Gasteiger partial charge >= 0.3 is 0 Å². The molecule has 3 heterocycles. The molecule has 1 unspecified atom stereocenters. The van der Waals surface area contributed by atoms with Gasteiger partial charge in [-0.3, -0.25) is 0 Å². The van der Waals surface area contributed by atoms with E-state index in [4.69, 9.17) is 0 Å². The molecule has 2 aromatic rings. The van der Waals surface area contributed by atoms with E-state index >= 15 is 0 Å². The molecule has 0 aliphatic carbocycles. The number of aliphatic hydroxyl groups excluding tert-OH is 1. The number of hydrogen-bond acceptors (Lipinski definition) is 4. The fourth-order valence-electron chi connectivity index (χ4n) is 2.91. The fraction of sp³-hybridized carbons (Fsp3) is 0.571. The lowest BCUT2D eigenvalue weighted by molar-refractivity contribution is 0.273. The van der Waals surface area contributed by atoms with Gasteiger partial charge in [0.15, 0.2) is 5.65 Å². The van der Waals surface area contributed by atoms with Crippen molar-refractivity contribution in [1.29, 1.82) is 0 Å². The van der Waals surface area contributed by atoms with Gasteiger partial charge in [-0.05, 0) is 38.6 Å². The molecule has 0 saturated carbocycles. The zero-order valence-electron chi connectivity index (χ0n) is 11.3. The number of likely N-dealkylation sites (N-methyl/N-ethyl adjacent to an activating group) is 1. The van der Waals surface area contributed by atoms with Crippen LogP contribution in [0, 0.1) is 0 Å². The van der Waals surface area contributed by atoms with Crippen LogP contribution in [0.1, 0.15) is 18.7 Å². The number of nitrogens with zero attached hydrogens (tertiary/aromatic N) is 4. The number of fused-ring (bicyclic) bond motifs is 1. The number of hydrogen-bond donors (Lipinski definition) is 1. The summed E-state index contributed by atoms with van der Waals surface area (Å²) >= 11 is 0. The number of likely N-dealkylation sites (tertiary alicyclic amines) is 1. The highest BCUT2D eigenvalue weighted by Gasteiger charge is 2.23. The van der Waals surface area contributed by atoms with Crippen molar-refractivity contribution in [3.8, 4) is 0 Å². The standard InChI is InChI=1S/C14H20N4O/c1-17-8-3-4-11(17)10-18-13(6-9-19)16-12-5-2-7-15-14(12)18/h2,5,7,11,19H,3-4,6,8-10H2,1H3. The molecule has 1 fully saturated rings. The first-order valence-corrected chi connectivity index (χ1v) is 6.91. The Balaban J connectivity index is 1.97. The number of pyridine rings is 1. The van der Waals surface area contributed by atoms with Crippen LogP contribution in [0.5, 0.6) is 0 Å². The Labute approximate surface area is 112 Å². The van der Waals surface area contributed by atoms with Crippen LogP contribution >= 0.6 is 0 Å². The van der Waals surface area contributed by atoms with Crippen LogP contribution < -0.4 is 0 Å². The van der Waals surface area contributed by atoms with Gasteiger partial charge in [0, 0.05) is 25.2 Å². The van der Waals surface area contributed by atoms with Crippen LogP contribution in [0.15, 0.2) is 18.3 Å². The maximum absolute atomic E-state index is 9.20. The minimum absolute atomic E-state index is 0.129. The molecular formula is C14H20N4O. The van der Waals surface area contributed by atoms with Gasteiger partial charge < -0.3 is 14.6 Å². The summed E-state index contributed by atoms with van der Waals surface area (Å²) < 4.78 is 2.18. The minimum Gasteiger partial charge on any atom is -0.396 e. The van der Waals surface area contributed by atoms with Crippen molar-refractivity contribution in [2.24, 2.45) is 0 Å². The largest absolute Gasteiger partial charge is 0.396 e. The molecular weight excluding hydrogens is 240 g/mol. The molecule has 102 valence electrons. The van der Waals surface area contributed by atoms with Crippen molar-refractivity contribution in [1.82, 2.24) is 19.4 Å². The van der Waals surface area contributed by atoms with E-state index in [1.54, 1.807) is 0 Å².